The van der Waals surface area contributed by atoms with Gasteiger partial charge in [-0.1, -0.05) is 0 Å². The summed E-state index contributed by atoms with van der Waals surface area (Å²) in [6.45, 7) is 4.49. The maximum atomic E-state index is 12.1. The Hall–Kier alpha value is -1.15. The second-order valence-electron chi connectivity index (χ2n) is 4.47. The fourth-order valence-corrected chi connectivity index (χ4v) is 2.96. The van der Waals surface area contributed by atoms with Crippen LogP contribution in [0.3, 0.4) is 0 Å². The van der Waals surface area contributed by atoms with Gasteiger partial charge in [0.05, 0.1) is 30.8 Å². The van der Waals surface area contributed by atoms with E-state index in [9.17, 15) is 8.42 Å². The molecular formula is C13H20N2O4S. The summed E-state index contributed by atoms with van der Waals surface area (Å²) in [6.07, 6.45) is -0.223. The van der Waals surface area contributed by atoms with Gasteiger partial charge in [-0.3, -0.25) is 0 Å². The summed E-state index contributed by atoms with van der Waals surface area (Å²) in [5.74, 6) is 0. The average molecular weight is 300 g/mol. The Balaban J connectivity index is 1.94. The molecule has 20 heavy (non-hydrogen) atoms. The molecular weight excluding hydrogens is 280 g/mol. The summed E-state index contributed by atoms with van der Waals surface area (Å²) in [4.78, 5) is 0.246. The van der Waals surface area contributed by atoms with E-state index in [4.69, 9.17) is 9.47 Å². The van der Waals surface area contributed by atoms with Gasteiger partial charge in [0.15, 0.2) is 0 Å². The molecule has 0 radical (unpaired) electrons. The number of benzene rings is 1. The van der Waals surface area contributed by atoms with Crippen molar-refractivity contribution in [3.8, 4) is 0 Å². The minimum Gasteiger partial charge on any atom is -0.385 e. The highest BCUT2D eigenvalue weighted by molar-refractivity contribution is 7.89. The second kappa shape index (κ2) is 7.03. The standard InChI is InChI=1S/C13H20N2O4S/c1-2-14-11-3-5-13(6-4-11)20(16,17)15-9-12-10-18-7-8-19-12/h3-6,12,14-15H,2,7-10H2,1H3. The Morgan fingerprint density at radius 1 is 1.25 bits per heavy atom. The molecule has 7 heteroatoms. The fourth-order valence-electron chi connectivity index (χ4n) is 1.90. The maximum absolute atomic E-state index is 12.1. The van der Waals surface area contributed by atoms with Crippen LogP contribution in [0.2, 0.25) is 0 Å². The average Bonchev–Trinajstić information content (AvgIpc) is 2.47. The Labute approximate surface area is 119 Å². The zero-order valence-electron chi connectivity index (χ0n) is 11.5. The molecule has 0 saturated carbocycles. The number of sulfonamides is 1. The minimum atomic E-state index is -3.50. The molecule has 0 aliphatic carbocycles. The predicted molar refractivity (Wildman–Crippen MR) is 76.4 cm³/mol. The van der Waals surface area contributed by atoms with E-state index in [1.165, 1.54) is 0 Å². The van der Waals surface area contributed by atoms with Gasteiger partial charge in [-0.15, -0.1) is 0 Å². The molecule has 1 unspecified atom stereocenters. The molecule has 2 N–H and O–H groups in total. The van der Waals surface area contributed by atoms with Crippen LogP contribution < -0.4 is 10.0 Å². The lowest BCUT2D eigenvalue weighted by Gasteiger charge is -2.23. The first kappa shape index (κ1) is 15.2. The Kier molecular flexibility index (Phi) is 5.36. The summed E-state index contributed by atoms with van der Waals surface area (Å²) in [7, 11) is -3.50. The van der Waals surface area contributed by atoms with Gasteiger partial charge in [0.1, 0.15) is 0 Å². The van der Waals surface area contributed by atoms with Crippen LogP contribution in [0.5, 0.6) is 0 Å². The van der Waals surface area contributed by atoms with Crippen molar-refractivity contribution in [1.82, 2.24) is 4.72 Å². The van der Waals surface area contributed by atoms with Crippen molar-refractivity contribution in [3.63, 3.8) is 0 Å². The molecule has 1 aliphatic heterocycles. The molecule has 1 aromatic rings. The van der Waals surface area contributed by atoms with Crippen LogP contribution in [-0.2, 0) is 19.5 Å². The van der Waals surface area contributed by atoms with E-state index in [2.05, 4.69) is 10.0 Å². The third-order valence-corrected chi connectivity index (χ3v) is 4.37. The van der Waals surface area contributed by atoms with Crippen LogP contribution in [0.1, 0.15) is 6.92 Å². The lowest BCUT2D eigenvalue weighted by molar-refractivity contribution is -0.0846. The molecule has 1 heterocycles. The number of hydrogen-bond acceptors (Lipinski definition) is 5. The highest BCUT2D eigenvalue weighted by atomic mass is 32.2. The van der Waals surface area contributed by atoms with Crippen molar-refractivity contribution in [1.29, 1.82) is 0 Å². The molecule has 0 spiro atoms. The molecule has 1 fully saturated rings. The highest BCUT2D eigenvalue weighted by Gasteiger charge is 2.19. The van der Waals surface area contributed by atoms with E-state index >= 15 is 0 Å². The van der Waals surface area contributed by atoms with Crippen LogP contribution in [0.25, 0.3) is 0 Å². The van der Waals surface area contributed by atoms with E-state index < -0.39 is 10.0 Å². The highest BCUT2D eigenvalue weighted by Crippen LogP contribution is 2.14. The van der Waals surface area contributed by atoms with E-state index in [1.807, 2.05) is 6.92 Å². The van der Waals surface area contributed by atoms with Gasteiger partial charge < -0.3 is 14.8 Å². The minimum absolute atomic E-state index is 0.220. The normalized spacial score (nSPS) is 19.8. The molecule has 1 aliphatic rings. The van der Waals surface area contributed by atoms with Crippen molar-refractivity contribution in [2.24, 2.45) is 0 Å². The van der Waals surface area contributed by atoms with Crippen molar-refractivity contribution >= 4 is 15.7 Å². The van der Waals surface area contributed by atoms with Crippen molar-refractivity contribution in [2.45, 2.75) is 17.9 Å². The van der Waals surface area contributed by atoms with E-state index in [0.29, 0.717) is 19.8 Å². The molecule has 6 nitrogen and oxygen atoms in total. The molecule has 0 amide bonds. The lowest BCUT2D eigenvalue weighted by Crippen LogP contribution is -2.39. The number of anilines is 1. The third kappa shape index (κ3) is 4.17. The van der Waals surface area contributed by atoms with E-state index in [1.54, 1.807) is 24.3 Å². The zero-order valence-corrected chi connectivity index (χ0v) is 12.3. The predicted octanol–water partition coefficient (Wildman–Crippen LogP) is 0.812. The van der Waals surface area contributed by atoms with E-state index in [0.717, 1.165) is 12.2 Å². The molecule has 1 saturated heterocycles. The molecule has 112 valence electrons. The number of ether oxygens (including phenoxy) is 2. The topological polar surface area (TPSA) is 76.7 Å². The molecule has 1 atom stereocenters. The second-order valence-corrected chi connectivity index (χ2v) is 6.24. The van der Waals surface area contributed by atoms with Crippen molar-refractivity contribution in [2.75, 3.05) is 38.2 Å². The first-order valence-electron chi connectivity index (χ1n) is 6.65. The largest absolute Gasteiger partial charge is 0.385 e. The molecule has 0 bridgehead atoms. The summed E-state index contributed by atoms with van der Waals surface area (Å²) < 4.78 is 37.4. The van der Waals surface area contributed by atoms with Crippen molar-refractivity contribution < 1.29 is 17.9 Å². The summed E-state index contributed by atoms with van der Waals surface area (Å²) in [5.41, 5.74) is 0.899. The van der Waals surface area contributed by atoms with Gasteiger partial charge in [0.2, 0.25) is 10.0 Å². The Morgan fingerprint density at radius 2 is 2.00 bits per heavy atom. The Bertz CT molecular complexity index is 510. The monoisotopic (exact) mass is 300 g/mol. The van der Waals surface area contributed by atoms with Gasteiger partial charge in [0, 0.05) is 18.8 Å². The lowest BCUT2D eigenvalue weighted by atomic mass is 10.3. The number of rotatable bonds is 6. The van der Waals surface area contributed by atoms with Crippen LogP contribution >= 0.6 is 0 Å². The fraction of sp³-hybridized carbons (Fsp3) is 0.538. The first-order valence-corrected chi connectivity index (χ1v) is 8.13. The van der Waals surface area contributed by atoms with Crippen LogP contribution in [0.15, 0.2) is 29.2 Å². The third-order valence-electron chi connectivity index (χ3n) is 2.93. The van der Waals surface area contributed by atoms with Crippen molar-refractivity contribution in [3.05, 3.63) is 24.3 Å². The van der Waals surface area contributed by atoms with Gasteiger partial charge >= 0.3 is 0 Å². The van der Waals surface area contributed by atoms with Crippen LogP contribution in [0.4, 0.5) is 5.69 Å². The summed E-state index contributed by atoms with van der Waals surface area (Å²) in [6, 6.07) is 6.66. The summed E-state index contributed by atoms with van der Waals surface area (Å²) >= 11 is 0. The van der Waals surface area contributed by atoms with Gasteiger partial charge in [0.25, 0.3) is 0 Å². The number of nitrogens with one attached hydrogen (secondary N) is 2. The molecule has 2 rings (SSSR count). The summed E-state index contributed by atoms with van der Waals surface area (Å²) in [5, 5.41) is 3.12. The van der Waals surface area contributed by atoms with Crippen LogP contribution in [-0.4, -0.2) is 47.4 Å². The number of hydrogen-bond donors (Lipinski definition) is 2. The van der Waals surface area contributed by atoms with Gasteiger partial charge in [-0.05, 0) is 31.2 Å². The smallest absolute Gasteiger partial charge is 0.240 e. The molecule has 1 aromatic carbocycles. The quantitative estimate of drug-likeness (QED) is 0.813. The molecule has 0 aromatic heterocycles. The van der Waals surface area contributed by atoms with Crippen LogP contribution in [0, 0.1) is 0 Å². The zero-order chi connectivity index (χ0) is 14.4. The SMILES string of the molecule is CCNc1ccc(S(=O)(=O)NCC2COCCO2)cc1. The van der Waals surface area contributed by atoms with Gasteiger partial charge in [-0.25, -0.2) is 13.1 Å². The first-order chi connectivity index (χ1) is 9.62. The van der Waals surface area contributed by atoms with Gasteiger partial charge in [-0.2, -0.15) is 0 Å². The maximum Gasteiger partial charge on any atom is 0.240 e. The van der Waals surface area contributed by atoms with E-state index in [-0.39, 0.29) is 17.5 Å². The Morgan fingerprint density at radius 3 is 2.60 bits per heavy atom.